The number of aliphatic carboxylic acids is 1. The van der Waals surface area contributed by atoms with Crippen molar-refractivity contribution in [1.29, 1.82) is 0 Å². The highest BCUT2D eigenvalue weighted by atomic mass is 16.4. The van der Waals surface area contributed by atoms with E-state index < -0.39 is 23.8 Å². The molecule has 6 heteroatoms. The van der Waals surface area contributed by atoms with Crippen molar-refractivity contribution in [2.24, 2.45) is 0 Å². The van der Waals surface area contributed by atoms with Crippen LogP contribution in [0.3, 0.4) is 0 Å². The summed E-state index contributed by atoms with van der Waals surface area (Å²) in [6.07, 6.45) is 2.79. The van der Waals surface area contributed by atoms with Crippen molar-refractivity contribution < 1.29 is 19.5 Å². The molecule has 1 unspecified atom stereocenters. The molecule has 1 aromatic carbocycles. The fourth-order valence-electron chi connectivity index (χ4n) is 3.00. The molecule has 0 aromatic heterocycles. The smallest absolute Gasteiger partial charge is 0.322 e. The molecule has 120 valence electrons. The lowest BCUT2D eigenvalue weighted by Gasteiger charge is -2.32. The molecule has 2 amide bonds. The monoisotopic (exact) mass is 314 g/mol. The Bertz CT molecular complexity index is 675. The van der Waals surface area contributed by atoms with Crippen LogP contribution in [0.2, 0.25) is 0 Å². The highest BCUT2D eigenvalue weighted by molar-refractivity contribution is 6.21. The van der Waals surface area contributed by atoms with E-state index in [-0.39, 0.29) is 6.54 Å². The third-order valence-corrected chi connectivity index (χ3v) is 4.43. The zero-order valence-corrected chi connectivity index (χ0v) is 12.9. The standard InChI is InChI=1S/C17H18N2O4/c1-11-6-8-18(9-7-11)14(17(22)23)10-19-15(20)12-4-2-3-5-13(12)16(19)21/h2-6,14H,7-10H2,1H3,(H,22,23). The number of imide groups is 1. The Labute approximate surface area is 134 Å². The second kappa shape index (κ2) is 5.96. The van der Waals surface area contributed by atoms with Crippen LogP contribution in [0.5, 0.6) is 0 Å². The average Bonchev–Trinajstić information content (AvgIpc) is 2.78. The summed E-state index contributed by atoms with van der Waals surface area (Å²) in [5.41, 5.74) is 1.91. The molecule has 1 aromatic rings. The summed E-state index contributed by atoms with van der Waals surface area (Å²) in [6.45, 7) is 3.01. The van der Waals surface area contributed by atoms with E-state index >= 15 is 0 Å². The number of carboxylic acids is 1. The molecule has 0 bridgehead atoms. The number of benzene rings is 1. The van der Waals surface area contributed by atoms with E-state index in [1.807, 2.05) is 13.0 Å². The molecule has 0 aliphatic carbocycles. The number of carboxylic acid groups (broad SMARTS) is 1. The molecule has 1 N–H and O–H groups in total. The number of carbonyl (C=O) groups excluding carboxylic acids is 2. The largest absolute Gasteiger partial charge is 0.480 e. The predicted molar refractivity (Wildman–Crippen MR) is 83.2 cm³/mol. The maximum absolute atomic E-state index is 12.4. The first-order valence-electron chi connectivity index (χ1n) is 7.56. The van der Waals surface area contributed by atoms with Crippen LogP contribution in [0, 0.1) is 0 Å². The van der Waals surface area contributed by atoms with Crippen molar-refractivity contribution in [2.45, 2.75) is 19.4 Å². The maximum atomic E-state index is 12.4. The maximum Gasteiger partial charge on any atom is 0.322 e. The SMILES string of the molecule is CC1=CCN(C(CN2C(=O)c3ccccc3C2=O)C(=O)O)CC1. The van der Waals surface area contributed by atoms with Crippen molar-refractivity contribution in [2.75, 3.05) is 19.6 Å². The number of fused-ring (bicyclic) bond motifs is 1. The molecule has 2 aliphatic heterocycles. The van der Waals surface area contributed by atoms with E-state index in [1.54, 1.807) is 29.2 Å². The fourth-order valence-corrected chi connectivity index (χ4v) is 3.00. The first kappa shape index (κ1) is 15.4. The molecule has 1 atom stereocenters. The van der Waals surface area contributed by atoms with Crippen LogP contribution in [0.1, 0.15) is 34.1 Å². The van der Waals surface area contributed by atoms with Gasteiger partial charge in [-0.15, -0.1) is 0 Å². The lowest BCUT2D eigenvalue weighted by molar-refractivity contribution is -0.143. The third kappa shape index (κ3) is 2.77. The van der Waals surface area contributed by atoms with E-state index in [9.17, 15) is 19.5 Å². The Balaban J connectivity index is 1.81. The number of rotatable bonds is 4. The topological polar surface area (TPSA) is 77.9 Å². The van der Waals surface area contributed by atoms with Gasteiger partial charge in [-0.1, -0.05) is 23.8 Å². The van der Waals surface area contributed by atoms with Gasteiger partial charge in [0.15, 0.2) is 0 Å². The zero-order valence-electron chi connectivity index (χ0n) is 12.9. The molecule has 23 heavy (non-hydrogen) atoms. The van der Waals surface area contributed by atoms with E-state index in [2.05, 4.69) is 0 Å². The summed E-state index contributed by atoms with van der Waals surface area (Å²) in [7, 11) is 0. The molecule has 0 saturated heterocycles. The molecule has 3 rings (SSSR count). The first-order valence-corrected chi connectivity index (χ1v) is 7.56. The Morgan fingerprint density at radius 2 is 1.83 bits per heavy atom. The minimum atomic E-state index is -1.02. The first-order chi connectivity index (χ1) is 11.0. The van der Waals surface area contributed by atoms with Crippen LogP contribution in [0.25, 0.3) is 0 Å². The van der Waals surface area contributed by atoms with E-state index in [4.69, 9.17) is 0 Å². The Kier molecular flexibility index (Phi) is 4.00. The van der Waals surface area contributed by atoms with Gasteiger partial charge in [-0.3, -0.25) is 24.2 Å². The summed E-state index contributed by atoms with van der Waals surface area (Å²) in [5.74, 6) is -1.85. The average molecular weight is 314 g/mol. The van der Waals surface area contributed by atoms with Gasteiger partial charge in [-0.05, 0) is 25.5 Å². The number of nitrogens with zero attached hydrogens (tertiary/aromatic N) is 2. The second-order valence-electron chi connectivity index (χ2n) is 5.92. The van der Waals surface area contributed by atoms with Crippen LogP contribution in [-0.2, 0) is 4.79 Å². The van der Waals surface area contributed by atoms with Gasteiger partial charge in [-0.25, -0.2) is 0 Å². The summed E-state index contributed by atoms with van der Waals surface area (Å²) in [5, 5.41) is 9.53. The Morgan fingerprint density at radius 3 is 2.30 bits per heavy atom. The van der Waals surface area contributed by atoms with Crippen LogP contribution in [0.4, 0.5) is 0 Å². The third-order valence-electron chi connectivity index (χ3n) is 4.43. The van der Waals surface area contributed by atoms with Crippen LogP contribution in [0.15, 0.2) is 35.9 Å². The number of carbonyl (C=O) groups is 3. The van der Waals surface area contributed by atoms with Gasteiger partial charge in [0.1, 0.15) is 6.04 Å². The molecular weight excluding hydrogens is 296 g/mol. The molecule has 2 heterocycles. The van der Waals surface area contributed by atoms with E-state index in [1.165, 1.54) is 5.57 Å². The number of hydrogen-bond donors (Lipinski definition) is 1. The molecule has 0 fully saturated rings. The van der Waals surface area contributed by atoms with Crippen molar-refractivity contribution in [3.63, 3.8) is 0 Å². The van der Waals surface area contributed by atoms with Crippen LogP contribution < -0.4 is 0 Å². The molecule has 0 radical (unpaired) electrons. The summed E-state index contributed by atoms with van der Waals surface area (Å²) >= 11 is 0. The van der Waals surface area contributed by atoms with Gasteiger partial charge in [0, 0.05) is 13.1 Å². The van der Waals surface area contributed by atoms with Gasteiger partial charge in [0.25, 0.3) is 11.8 Å². The fraction of sp³-hybridized carbons (Fsp3) is 0.353. The van der Waals surface area contributed by atoms with Crippen LogP contribution in [-0.4, -0.2) is 58.4 Å². The summed E-state index contributed by atoms with van der Waals surface area (Å²) in [4.78, 5) is 39.2. The van der Waals surface area contributed by atoms with Crippen molar-refractivity contribution in [3.8, 4) is 0 Å². The quantitative estimate of drug-likeness (QED) is 0.671. The Morgan fingerprint density at radius 1 is 1.22 bits per heavy atom. The lowest BCUT2D eigenvalue weighted by Crippen LogP contribution is -2.51. The van der Waals surface area contributed by atoms with E-state index in [0.29, 0.717) is 24.2 Å². The minimum absolute atomic E-state index is 0.130. The van der Waals surface area contributed by atoms with Gasteiger partial charge in [0.2, 0.25) is 0 Å². The number of amides is 2. The van der Waals surface area contributed by atoms with E-state index in [0.717, 1.165) is 11.3 Å². The summed E-state index contributed by atoms with van der Waals surface area (Å²) < 4.78 is 0. The number of hydrogen-bond acceptors (Lipinski definition) is 4. The highest BCUT2D eigenvalue weighted by Gasteiger charge is 2.39. The zero-order chi connectivity index (χ0) is 16.6. The lowest BCUT2D eigenvalue weighted by atomic mass is 10.1. The Hall–Kier alpha value is -2.47. The minimum Gasteiger partial charge on any atom is -0.480 e. The normalized spacial score (nSPS) is 19.5. The predicted octanol–water partition coefficient (Wildman–Crippen LogP) is 1.39. The van der Waals surface area contributed by atoms with Crippen LogP contribution >= 0.6 is 0 Å². The van der Waals surface area contributed by atoms with Gasteiger partial charge >= 0.3 is 5.97 Å². The van der Waals surface area contributed by atoms with Gasteiger partial charge < -0.3 is 5.11 Å². The molecule has 0 saturated carbocycles. The highest BCUT2D eigenvalue weighted by Crippen LogP contribution is 2.24. The summed E-state index contributed by atoms with van der Waals surface area (Å²) in [6, 6.07) is 5.69. The van der Waals surface area contributed by atoms with Gasteiger partial charge in [-0.2, -0.15) is 0 Å². The van der Waals surface area contributed by atoms with Gasteiger partial charge in [0.05, 0.1) is 17.7 Å². The molecule has 6 nitrogen and oxygen atoms in total. The molecule has 2 aliphatic rings. The molecular formula is C17H18N2O4. The van der Waals surface area contributed by atoms with Crippen molar-refractivity contribution >= 4 is 17.8 Å². The van der Waals surface area contributed by atoms with Crippen molar-refractivity contribution in [1.82, 2.24) is 9.80 Å². The molecule has 0 spiro atoms. The van der Waals surface area contributed by atoms with Crippen molar-refractivity contribution in [3.05, 3.63) is 47.0 Å². The second-order valence-corrected chi connectivity index (χ2v) is 5.92.